The van der Waals surface area contributed by atoms with Gasteiger partial charge < -0.3 is 9.87 Å². The fourth-order valence-electron chi connectivity index (χ4n) is 3.35. The van der Waals surface area contributed by atoms with E-state index in [2.05, 4.69) is 20.6 Å². The van der Waals surface area contributed by atoms with E-state index in [-0.39, 0.29) is 15.6 Å². The maximum atomic E-state index is 13.4. The molecule has 4 aromatic rings. The minimum absolute atomic E-state index is 0.120. The Balaban J connectivity index is 1.77. The van der Waals surface area contributed by atoms with Crippen molar-refractivity contribution in [3.05, 3.63) is 53.6 Å². The summed E-state index contributed by atoms with van der Waals surface area (Å²) in [5, 5.41) is 12.3. The summed E-state index contributed by atoms with van der Waals surface area (Å²) in [6, 6.07) is 13.4. The Labute approximate surface area is 163 Å². The molecular formula is C20H19N5O2S. The molecule has 0 amide bonds. The topological polar surface area (TPSA) is 95.2 Å². The molecule has 5 rings (SSSR count). The van der Waals surface area contributed by atoms with Crippen molar-refractivity contribution in [1.29, 1.82) is 0 Å². The Bertz CT molecular complexity index is 1280. The predicted octanol–water partition coefficient (Wildman–Crippen LogP) is 3.52. The second-order valence-corrected chi connectivity index (χ2v) is 9.13. The van der Waals surface area contributed by atoms with Crippen molar-refractivity contribution < 1.29 is 8.76 Å². The average Bonchev–Trinajstić information content (AvgIpc) is 3.38. The maximum absolute atomic E-state index is 13.4. The number of sulfone groups is 1. The van der Waals surface area contributed by atoms with Gasteiger partial charge in [-0.1, -0.05) is 38.8 Å². The lowest BCUT2D eigenvalue weighted by molar-refractivity contribution is 0.474. The number of hydrogen-bond acceptors (Lipinski definition) is 6. The Morgan fingerprint density at radius 1 is 1.18 bits per heavy atom. The normalized spacial score (nSPS) is 16.4. The fourth-order valence-corrected chi connectivity index (χ4v) is 4.91. The van der Waals surface area contributed by atoms with Crippen LogP contribution in [0.15, 0.2) is 52.4 Å². The van der Waals surface area contributed by atoms with Gasteiger partial charge >= 0.3 is 5.03 Å². The summed E-state index contributed by atoms with van der Waals surface area (Å²) in [5.74, 6) is 0.672. The average molecular weight is 393 g/mol. The van der Waals surface area contributed by atoms with Crippen LogP contribution in [-0.4, -0.2) is 30.4 Å². The first kappa shape index (κ1) is 17.3. The molecule has 7 nitrogen and oxygen atoms in total. The van der Waals surface area contributed by atoms with Gasteiger partial charge in [0.05, 0.1) is 5.52 Å². The molecule has 1 atom stereocenters. The molecule has 2 aromatic heterocycles. The first-order chi connectivity index (χ1) is 13.4. The summed E-state index contributed by atoms with van der Waals surface area (Å²) < 4.78 is 28.3. The van der Waals surface area contributed by atoms with Gasteiger partial charge in [-0.2, -0.15) is 4.52 Å². The van der Waals surface area contributed by atoms with E-state index in [9.17, 15) is 8.76 Å². The Hall–Kier alpha value is -2.84. The molecule has 1 N–H and O–H groups in total. The van der Waals surface area contributed by atoms with Gasteiger partial charge in [0.25, 0.3) is 0 Å². The van der Waals surface area contributed by atoms with Crippen molar-refractivity contribution in [2.75, 3.05) is 5.32 Å². The lowest BCUT2D eigenvalue weighted by Crippen LogP contribution is -2.15. The van der Waals surface area contributed by atoms with Crippen LogP contribution in [0.25, 0.3) is 16.6 Å². The molecule has 1 fully saturated rings. The van der Waals surface area contributed by atoms with Crippen LogP contribution in [0.4, 0.5) is 5.82 Å². The summed E-state index contributed by atoms with van der Waals surface area (Å²) in [7, 11) is -3.86. The van der Waals surface area contributed by atoms with Crippen LogP contribution in [0, 0.1) is 13.8 Å². The quantitative estimate of drug-likeness (QED) is 0.533. The van der Waals surface area contributed by atoms with Gasteiger partial charge in [-0.05, 0) is 50.5 Å². The van der Waals surface area contributed by atoms with Crippen LogP contribution < -0.4 is 5.32 Å². The van der Waals surface area contributed by atoms with Crippen molar-refractivity contribution >= 4 is 32.6 Å². The Kier molecular flexibility index (Phi) is 3.75. The number of aryl methyl sites for hydroxylation is 2. The van der Waals surface area contributed by atoms with Crippen LogP contribution in [0.3, 0.4) is 0 Å². The van der Waals surface area contributed by atoms with E-state index in [0.29, 0.717) is 17.4 Å². The van der Waals surface area contributed by atoms with Crippen molar-refractivity contribution in [2.24, 2.45) is 0 Å². The monoisotopic (exact) mass is 393 g/mol. The third-order valence-electron chi connectivity index (χ3n) is 5.03. The second kappa shape index (κ2) is 6.08. The first-order valence-corrected chi connectivity index (χ1v) is 10.7. The summed E-state index contributed by atoms with van der Waals surface area (Å²) in [6.07, 6.45) is 2.18. The van der Waals surface area contributed by atoms with Crippen LogP contribution in [0.2, 0.25) is 0 Å². The number of nitrogens with zero attached hydrogens (tertiary/aromatic N) is 4. The zero-order valence-electron chi connectivity index (χ0n) is 15.5. The molecule has 0 bridgehead atoms. The van der Waals surface area contributed by atoms with Gasteiger partial charge in [0.2, 0.25) is 5.65 Å². The molecule has 1 saturated carbocycles. The van der Waals surface area contributed by atoms with Gasteiger partial charge in [-0.15, -0.1) is 0 Å². The molecular weight excluding hydrogens is 374 g/mol. The van der Waals surface area contributed by atoms with E-state index in [1.165, 1.54) is 4.52 Å². The van der Waals surface area contributed by atoms with Crippen LogP contribution in [-0.2, 0) is 14.4 Å². The SMILES string of the molecule is Cc1ccc(C)c([S+](=O)([O-])c2nnn3c2nc(NC2CC2)c2ccccc23)c1. The fraction of sp³-hybridized carbons (Fsp3) is 0.250. The number of nitrogens with one attached hydrogen (secondary N) is 1. The lowest BCUT2D eigenvalue weighted by Gasteiger charge is -2.14. The van der Waals surface area contributed by atoms with Gasteiger partial charge in [0, 0.05) is 17.0 Å². The second-order valence-electron chi connectivity index (χ2n) is 7.30. The molecule has 1 aliphatic rings. The zero-order valence-corrected chi connectivity index (χ0v) is 16.4. The van der Waals surface area contributed by atoms with Crippen molar-refractivity contribution in [2.45, 2.75) is 42.7 Å². The van der Waals surface area contributed by atoms with E-state index < -0.39 is 10.2 Å². The summed E-state index contributed by atoms with van der Waals surface area (Å²) >= 11 is 0. The zero-order chi connectivity index (χ0) is 19.5. The van der Waals surface area contributed by atoms with Gasteiger partial charge in [0.1, 0.15) is 16.0 Å². The smallest absolute Gasteiger partial charge is 0.317 e. The molecule has 2 aromatic carbocycles. The molecule has 142 valence electrons. The minimum atomic E-state index is -3.86. The number of rotatable bonds is 4. The number of aromatic nitrogens is 4. The van der Waals surface area contributed by atoms with Crippen LogP contribution in [0.5, 0.6) is 0 Å². The highest BCUT2D eigenvalue weighted by Gasteiger charge is 2.34. The van der Waals surface area contributed by atoms with E-state index in [1.807, 2.05) is 37.3 Å². The van der Waals surface area contributed by atoms with Crippen LogP contribution >= 0.6 is 0 Å². The van der Waals surface area contributed by atoms with Crippen molar-refractivity contribution in [3.8, 4) is 0 Å². The molecule has 1 unspecified atom stereocenters. The largest absolute Gasteiger partial charge is 0.604 e. The summed E-state index contributed by atoms with van der Waals surface area (Å²) in [6.45, 7) is 3.65. The van der Waals surface area contributed by atoms with Gasteiger partial charge in [-0.25, -0.2) is 4.98 Å². The Morgan fingerprint density at radius 3 is 2.75 bits per heavy atom. The number of anilines is 1. The van der Waals surface area contributed by atoms with E-state index >= 15 is 0 Å². The number of hydrogen-bond donors (Lipinski definition) is 1. The molecule has 0 aliphatic heterocycles. The molecule has 1 aliphatic carbocycles. The van der Waals surface area contributed by atoms with Crippen molar-refractivity contribution in [1.82, 2.24) is 19.8 Å². The minimum Gasteiger partial charge on any atom is -0.604 e. The van der Waals surface area contributed by atoms with Crippen molar-refractivity contribution in [3.63, 3.8) is 0 Å². The predicted molar refractivity (Wildman–Crippen MR) is 106 cm³/mol. The van der Waals surface area contributed by atoms with Gasteiger partial charge in [-0.3, -0.25) is 0 Å². The number of fused-ring (bicyclic) bond motifs is 3. The molecule has 28 heavy (non-hydrogen) atoms. The third-order valence-corrected chi connectivity index (χ3v) is 6.82. The molecule has 2 heterocycles. The number of benzene rings is 2. The maximum Gasteiger partial charge on any atom is 0.317 e. The van der Waals surface area contributed by atoms with E-state index in [1.54, 1.807) is 19.1 Å². The molecule has 0 saturated heterocycles. The third kappa shape index (κ3) is 2.68. The van der Waals surface area contributed by atoms with E-state index in [0.717, 1.165) is 29.3 Å². The molecule has 8 heteroatoms. The summed E-state index contributed by atoms with van der Waals surface area (Å²) in [4.78, 5) is 4.87. The lowest BCUT2D eigenvalue weighted by atomic mass is 10.2. The Morgan fingerprint density at radius 2 is 1.96 bits per heavy atom. The molecule has 0 spiro atoms. The molecule has 0 radical (unpaired) electrons. The standard InChI is InChI=1S/C20H19N5O2S/c1-12-7-8-13(2)17(11-12)28(26,27)20-19-22-18(21-14-9-10-14)15-5-3-4-6-16(15)25(19)24-23-20/h3-8,11,14H,9-10H2,1-2H3,(H-,21,22,26,27). The first-order valence-electron chi connectivity index (χ1n) is 9.18. The van der Waals surface area contributed by atoms with Crippen LogP contribution in [0.1, 0.15) is 24.0 Å². The number of para-hydroxylation sites is 1. The van der Waals surface area contributed by atoms with Gasteiger partial charge in [0.15, 0.2) is 4.90 Å². The highest BCUT2D eigenvalue weighted by molar-refractivity contribution is 7.97. The highest BCUT2D eigenvalue weighted by atomic mass is 32.3. The summed E-state index contributed by atoms with van der Waals surface area (Å²) in [5.41, 5.74) is 2.55. The van der Waals surface area contributed by atoms with E-state index in [4.69, 9.17) is 0 Å². The highest BCUT2D eigenvalue weighted by Crippen LogP contribution is 2.34.